The van der Waals surface area contributed by atoms with Gasteiger partial charge in [-0.1, -0.05) is 23.8 Å². The zero-order valence-electron chi connectivity index (χ0n) is 12.9. The summed E-state index contributed by atoms with van der Waals surface area (Å²) in [4.78, 5) is 24.5. The Morgan fingerprint density at radius 2 is 1.76 bits per heavy atom. The molecule has 0 saturated carbocycles. The molecule has 112 valence electrons. The predicted octanol–water partition coefficient (Wildman–Crippen LogP) is 2.99. The Morgan fingerprint density at radius 1 is 1.10 bits per heavy atom. The first-order valence-corrected chi connectivity index (χ1v) is 7.16. The van der Waals surface area contributed by atoms with Crippen LogP contribution in [0.4, 0.5) is 0 Å². The third-order valence-corrected chi connectivity index (χ3v) is 3.63. The summed E-state index contributed by atoms with van der Waals surface area (Å²) in [6, 6.07) is 5.82. The molecule has 2 rings (SSSR count). The van der Waals surface area contributed by atoms with Gasteiger partial charge in [0.2, 0.25) is 0 Å². The van der Waals surface area contributed by atoms with Crippen LogP contribution in [0.15, 0.2) is 23.8 Å². The number of benzene rings is 1. The summed E-state index contributed by atoms with van der Waals surface area (Å²) in [5, 5.41) is 0. The van der Waals surface area contributed by atoms with Crippen LogP contribution in [0.2, 0.25) is 0 Å². The van der Waals surface area contributed by atoms with Crippen LogP contribution in [0.1, 0.15) is 43.4 Å². The van der Waals surface area contributed by atoms with Crippen LogP contribution in [0.25, 0.3) is 5.57 Å². The molecule has 1 unspecified atom stereocenters. The molecule has 0 fully saturated rings. The van der Waals surface area contributed by atoms with Crippen LogP contribution in [-0.2, 0) is 19.1 Å². The van der Waals surface area contributed by atoms with E-state index in [1.54, 1.807) is 13.8 Å². The van der Waals surface area contributed by atoms with Gasteiger partial charge in [-0.15, -0.1) is 0 Å². The van der Waals surface area contributed by atoms with Crippen molar-refractivity contribution in [1.29, 1.82) is 0 Å². The van der Waals surface area contributed by atoms with Crippen molar-refractivity contribution in [2.24, 2.45) is 0 Å². The smallest absolute Gasteiger partial charge is 0.335 e. The minimum Gasteiger partial charge on any atom is -0.465 e. The lowest BCUT2D eigenvalue weighted by molar-refractivity contribution is -0.147. The molecule has 0 spiro atoms. The van der Waals surface area contributed by atoms with Gasteiger partial charge in [-0.3, -0.25) is 4.79 Å². The van der Waals surface area contributed by atoms with Gasteiger partial charge in [0.05, 0.1) is 18.8 Å². The van der Waals surface area contributed by atoms with E-state index in [-0.39, 0.29) is 13.2 Å². The normalized spacial score (nSPS) is 16.7. The molecule has 1 aliphatic carbocycles. The Morgan fingerprint density at radius 3 is 2.38 bits per heavy atom. The average Bonchev–Trinajstić information content (AvgIpc) is 2.72. The number of carbonyl (C=O) groups excluding carboxylic acids is 2. The van der Waals surface area contributed by atoms with Gasteiger partial charge in [-0.25, -0.2) is 4.79 Å². The monoisotopic (exact) mass is 288 g/mol. The van der Waals surface area contributed by atoms with Crippen LogP contribution < -0.4 is 0 Å². The highest BCUT2D eigenvalue weighted by Gasteiger charge is 2.39. The van der Waals surface area contributed by atoms with E-state index in [4.69, 9.17) is 9.47 Å². The number of fused-ring (bicyclic) bond motifs is 1. The average molecular weight is 288 g/mol. The lowest BCUT2D eigenvalue weighted by Gasteiger charge is -2.14. The molecular formula is C17H20O4. The molecule has 1 aromatic rings. The lowest BCUT2D eigenvalue weighted by atomic mass is 9.95. The second-order valence-corrected chi connectivity index (χ2v) is 5.03. The van der Waals surface area contributed by atoms with E-state index >= 15 is 0 Å². The summed E-state index contributed by atoms with van der Waals surface area (Å²) in [6.45, 7) is 7.90. The molecule has 0 saturated heterocycles. The third kappa shape index (κ3) is 2.71. The number of hydrogen-bond donors (Lipinski definition) is 0. The van der Waals surface area contributed by atoms with Gasteiger partial charge in [-0.2, -0.15) is 0 Å². The zero-order chi connectivity index (χ0) is 15.6. The Labute approximate surface area is 124 Å². The number of rotatable bonds is 4. The third-order valence-electron chi connectivity index (χ3n) is 3.63. The maximum absolute atomic E-state index is 12.3. The summed E-state index contributed by atoms with van der Waals surface area (Å²) in [6.07, 6.45) is 0. The molecule has 0 radical (unpaired) electrons. The molecule has 0 amide bonds. The van der Waals surface area contributed by atoms with E-state index in [1.807, 2.05) is 32.0 Å². The molecule has 0 heterocycles. The number of carbonyl (C=O) groups is 2. The first-order valence-electron chi connectivity index (χ1n) is 7.16. The topological polar surface area (TPSA) is 52.6 Å². The summed E-state index contributed by atoms with van der Waals surface area (Å²) in [5.41, 5.74) is 4.03. The fourth-order valence-electron chi connectivity index (χ4n) is 2.71. The molecular weight excluding hydrogens is 268 g/mol. The minimum atomic E-state index is -0.681. The van der Waals surface area contributed by atoms with Crippen LogP contribution in [0.3, 0.4) is 0 Å². The maximum Gasteiger partial charge on any atom is 0.335 e. The van der Waals surface area contributed by atoms with Crippen molar-refractivity contribution in [2.75, 3.05) is 13.2 Å². The quantitative estimate of drug-likeness (QED) is 0.799. The Kier molecular flexibility index (Phi) is 4.46. The molecule has 4 heteroatoms. The van der Waals surface area contributed by atoms with E-state index in [0.29, 0.717) is 5.57 Å². The van der Waals surface area contributed by atoms with E-state index in [2.05, 4.69) is 0 Å². The molecule has 0 bridgehead atoms. The van der Waals surface area contributed by atoms with Crippen molar-refractivity contribution in [2.45, 2.75) is 33.6 Å². The largest absolute Gasteiger partial charge is 0.465 e. The second kappa shape index (κ2) is 6.12. The Balaban J connectivity index is 2.54. The highest BCUT2D eigenvalue weighted by Crippen LogP contribution is 2.43. The molecule has 1 atom stereocenters. The standard InChI is InChI=1S/C17H20O4/c1-5-20-16(18)14-11(4)13-9-10(3)7-8-12(13)15(14)17(19)21-6-2/h7-9,15H,5-6H2,1-4H3. The van der Waals surface area contributed by atoms with Gasteiger partial charge in [0, 0.05) is 0 Å². The number of ether oxygens (including phenoxy) is 2. The van der Waals surface area contributed by atoms with Crippen molar-refractivity contribution in [3.63, 3.8) is 0 Å². The van der Waals surface area contributed by atoms with Crippen molar-refractivity contribution in [3.05, 3.63) is 40.5 Å². The summed E-state index contributed by atoms with van der Waals surface area (Å²) < 4.78 is 10.3. The van der Waals surface area contributed by atoms with Crippen molar-refractivity contribution < 1.29 is 19.1 Å². The molecule has 1 aromatic carbocycles. The zero-order valence-corrected chi connectivity index (χ0v) is 12.9. The van der Waals surface area contributed by atoms with Crippen LogP contribution in [0.5, 0.6) is 0 Å². The maximum atomic E-state index is 12.3. The van der Waals surface area contributed by atoms with Crippen molar-refractivity contribution >= 4 is 17.5 Å². The van der Waals surface area contributed by atoms with Crippen LogP contribution in [0, 0.1) is 6.92 Å². The van der Waals surface area contributed by atoms with Gasteiger partial charge in [-0.05, 0) is 44.4 Å². The van der Waals surface area contributed by atoms with E-state index in [0.717, 1.165) is 22.3 Å². The van der Waals surface area contributed by atoms with Crippen molar-refractivity contribution in [3.8, 4) is 0 Å². The van der Waals surface area contributed by atoms with Crippen molar-refractivity contribution in [1.82, 2.24) is 0 Å². The molecule has 21 heavy (non-hydrogen) atoms. The van der Waals surface area contributed by atoms with Gasteiger partial charge >= 0.3 is 11.9 Å². The van der Waals surface area contributed by atoms with E-state index < -0.39 is 17.9 Å². The van der Waals surface area contributed by atoms with E-state index in [1.165, 1.54) is 0 Å². The Hall–Kier alpha value is -2.10. The molecule has 0 aromatic heterocycles. The molecule has 0 aliphatic heterocycles. The predicted molar refractivity (Wildman–Crippen MR) is 79.8 cm³/mol. The van der Waals surface area contributed by atoms with Gasteiger partial charge in [0.25, 0.3) is 0 Å². The Bertz CT molecular complexity index is 613. The first kappa shape index (κ1) is 15.3. The SMILES string of the molecule is CCOC(=O)C1=C(C)c2cc(C)ccc2C1C(=O)OCC. The summed E-state index contributed by atoms with van der Waals surface area (Å²) in [7, 11) is 0. The summed E-state index contributed by atoms with van der Waals surface area (Å²) in [5.74, 6) is -1.52. The van der Waals surface area contributed by atoms with Crippen LogP contribution in [-0.4, -0.2) is 25.2 Å². The lowest BCUT2D eigenvalue weighted by Crippen LogP contribution is -2.21. The van der Waals surface area contributed by atoms with Gasteiger partial charge < -0.3 is 9.47 Å². The highest BCUT2D eigenvalue weighted by molar-refractivity contribution is 6.08. The minimum absolute atomic E-state index is 0.278. The fourth-order valence-corrected chi connectivity index (χ4v) is 2.71. The highest BCUT2D eigenvalue weighted by atomic mass is 16.5. The number of allylic oxidation sites excluding steroid dienone is 1. The van der Waals surface area contributed by atoms with Gasteiger partial charge in [0.15, 0.2) is 0 Å². The number of hydrogen-bond acceptors (Lipinski definition) is 4. The summed E-state index contributed by atoms with van der Waals surface area (Å²) >= 11 is 0. The van der Waals surface area contributed by atoms with Crippen LogP contribution >= 0.6 is 0 Å². The van der Waals surface area contributed by atoms with Gasteiger partial charge in [0.1, 0.15) is 5.92 Å². The molecule has 0 N–H and O–H groups in total. The second-order valence-electron chi connectivity index (χ2n) is 5.03. The first-order chi connectivity index (χ1) is 10.0. The fraction of sp³-hybridized carbons (Fsp3) is 0.412. The number of esters is 2. The molecule has 4 nitrogen and oxygen atoms in total. The molecule has 1 aliphatic rings. The van der Waals surface area contributed by atoms with E-state index in [9.17, 15) is 9.59 Å². The number of aryl methyl sites for hydroxylation is 1.